The van der Waals surface area contributed by atoms with Gasteiger partial charge in [0.2, 0.25) is 0 Å². The molecule has 0 saturated heterocycles. The molecule has 0 spiro atoms. The third-order valence-electron chi connectivity index (χ3n) is 5.80. The SMILES string of the molecule is COc1cc2cc3c(-c4ccc(C)cc4)c(C(OC(C)(C)C)C(=O)O)c(C)nc3nc2cc1OC. The first-order valence-corrected chi connectivity index (χ1v) is 11.4. The van der Waals surface area contributed by atoms with Crippen LogP contribution in [-0.2, 0) is 9.53 Å². The van der Waals surface area contributed by atoms with E-state index in [1.54, 1.807) is 21.1 Å². The topological polar surface area (TPSA) is 90.8 Å². The van der Waals surface area contributed by atoms with E-state index in [1.807, 2.05) is 70.2 Å². The molecule has 7 heteroatoms. The normalized spacial score (nSPS) is 12.7. The number of carbonyl (C=O) groups is 1. The molecule has 182 valence electrons. The molecule has 4 aromatic rings. The molecule has 0 aliphatic carbocycles. The van der Waals surface area contributed by atoms with Gasteiger partial charge in [-0.2, -0.15) is 0 Å². The van der Waals surface area contributed by atoms with Crippen LogP contribution in [0.25, 0.3) is 33.1 Å². The maximum Gasteiger partial charge on any atom is 0.337 e. The number of rotatable bonds is 6. The summed E-state index contributed by atoms with van der Waals surface area (Å²) >= 11 is 0. The summed E-state index contributed by atoms with van der Waals surface area (Å²) in [5, 5.41) is 11.8. The van der Waals surface area contributed by atoms with Crippen LogP contribution >= 0.6 is 0 Å². The number of carboxylic acids is 1. The first kappa shape index (κ1) is 24.4. The molecule has 2 heterocycles. The van der Waals surface area contributed by atoms with E-state index >= 15 is 0 Å². The molecular weight excluding hydrogens is 444 g/mol. The van der Waals surface area contributed by atoms with Crippen LogP contribution in [0.15, 0.2) is 42.5 Å². The molecule has 1 N–H and O–H groups in total. The summed E-state index contributed by atoms with van der Waals surface area (Å²) in [5.41, 5.74) is 4.32. The van der Waals surface area contributed by atoms with Gasteiger partial charge in [-0.3, -0.25) is 0 Å². The quantitative estimate of drug-likeness (QED) is 0.341. The van der Waals surface area contributed by atoms with Gasteiger partial charge in [-0.05, 0) is 52.3 Å². The molecule has 4 rings (SSSR count). The van der Waals surface area contributed by atoms with Crippen molar-refractivity contribution in [1.82, 2.24) is 9.97 Å². The summed E-state index contributed by atoms with van der Waals surface area (Å²) in [6.07, 6.45) is -1.20. The number of pyridine rings is 2. The van der Waals surface area contributed by atoms with Gasteiger partial charge in [-0.1, -0.05) is 29.8 Å². The van der Waals surface area contributed by atoms with Crippen molar-refractivity contribution < 1.29 is 24.1 Å². The first-order chi connectivity index (χ1) is 16.5. The van der Waals surface area contributed by atoms with Crippen molar-refractivity contribution in [1.29, 1.82) is 0 Å². The molecule has 2 aromatic carbocycles. The highest BCUT2D eigenvalue weighted by Gasteiger charge is 2.32. The number of ether oxygens (including phenoxy) is 3. The molecule has 0 aliphatic rings. The number of benzene rings is 2. The van der Waals surface area contributed by atoms with Gasteiger partial charge in [0.1, 0.15) is 0 Å². The molecule has 1 atom stereocenters. The molecule has 1 unspecified atom stereocenters. The van der Waals surface area contributed by atoms with Gasteiger partial charge < -0.3 is 19.3 Å². The lowest BCUT2D eigenvalue weighted by atomic mass is 9.91. The Kier molecular flexibility index (Phi) is 6.38. The number of methoxy groups -OCH3 is 2. The summed E-state index contributed by atoms with van der Waals surface area (Å²) in [6.45, 7) is 9.33. The highest BCUT2D eigenvalue weighted by atomic mass is 16.5. The van der Waals surface area contributed by atoms with E-state index in [0.717, 1.165) is 27.5 Å². The van der Waals surface area contributed by atoms with E-state index in [-0.39, 0.29) is 0 Å². The van der Waals surface area contributed by atoms with Crippen LogP contribution in [0.2, 0.25) is 0 Å². The molecule has 0 saturated carbocycles. The van der Waals surface area contributed by atoms with Gasteiger partial charge in [-0.25, -0.2) is 14.8 Å². The summed E-state index contributed by atoms with van der Waals surface area (Å²) in [6, 6.07) is 13.6. The Labute approximate surface area is 204 Å². The highest BCUT2D eigenvalue weighted by molar-refractivity contribution is 6.02. The van der Waals surface area contributed by atoms with E-state index in [2.05, 4.69) is 0 Å². The third kappa shape index (κ3) is 4.77. The van der Waals surface area contributed by atoms with Crippen molar-refractivity contribution in [3.8, 4) is 22.6 Å². The molecule has 0 bridgehead atoms. The van der Waals surface area contributed by atoms with E-state index in [4.69, 9.17) is 24.2 Å². The molecule has 35 heavy (non-hydrogen) atoms. The number of fused-ring (bicyclic) bond motifs is 2. The largest absolute Gasteiger partial charge is 0.493 e. The lowest BCUT2D eigenvalue weighted by molar-refractivity contribution is -0.160. The summed E-state index contributed by atoms with van der Waals surface area (Å²) in [5.74, 6) is 0.0824. The minimum Gasteiger partial charge on any atom is -0.493 e. The Bertz CT molecular complexity index is 1420. The summed E-state index contributed by atoms with van der Waals surface area (Å²) in [7, 11) is 3.16. The van der Waals surface area contributed by atoms with E-state index in [0.29, 0.717) is 33.9 Å². The Morgan fingerprint density at radius 2 is 1.57 bits per heavy atom. The number of aryl methyl sites for hydroxylation is 2. The van der Waals surface area contributed by atoms with Crippen molar-refractivity contribution in [2.45, 2.75) is 46.3 Å². The van der Waals surface area contributed by atoms with E-state index < -0.39 is 17.7 Å². The number of hydrogen-bond donors (Lipinski definition) is 1. The van der Waals surface area contributed by atoms with Crippen molar-refractivity contribution in [2.75, 3.05) is 14.2 Å². The predicted molar refractivity (Wildman–Crippen MR) is 136 cm³/mol. The van der Waals surface area contributed by atoms with Gasteiger partial charge >= 0.3 is 5.97 Å². The summed E-state index contributed by atoms with van der Waals surface area (Å²) < 4.78 is 17.0. The second kappa shape index (κ2) is 9.15. The van der Waals surface area contributed by atoms with Crippen molar-refractivity contribution in [3.63, 3.8) is 0 Å². The fourth-order valence-corrected chi connectivity index (χ4v) is 4.24. The van der Waals surface area contributed by atoms with Gasteiger partial charge in [0.15, 0.2) is 23.3 Å². The smallest absolute Gasteiger partial charge is 0.337 e. The number of aliphatic carboxylic acids is 1. The van der Waals surface area contributed by atoms with Gasteiger partial charge in [0.25, 0.3) is 0 Å². The van der Waals surface area contributed by atoms with Crippen LogP contribution in [0, 0.1) is 13.8 Å². The lowest BCUT2D eigenvalue weighted by Gasteiger charge is -2.28. The van der Waals surface area contributed by atoms with E-state index in [9.17, 15) is 9.90 Å². The first-order valence-electron chi connectivity index (χ1n) is 11.4. The predicted octanol–water partition coefficient (Wildman–Crippen LogP) is 6.02. The Morgan fingerprint density at radius 1 is 0.943 bits per heavy atom. The Morgan fingerprint density at radius 3 is 2.14 bits per heavy atom. The maximum absolute atomic E-state index is 12.5. The second-order valence-corrected chi connectivity index (χ2v) is 9.56. The molecule has 0 amide bonds. The zero-order chi connectivity index (χ0) is 25.5. The molecule has 0 fully saturated rings. The van der Waals surface area contributed by atoms with Crippen LogP contribution in [0.4, 0.5) is 0 Å². The van der Waals surface area contributed by atoms with Gasteiger partial charge in [0.05, 0.1) is 25.3 Å². The van der Waals surface area contributed by atoms with Crippen LogP contribution < -0.4 is 9.47 Å². The average molecular weight is 475 g/mol. The van der Waals surface area contributed by atoms with Gasteiger partial charge in [-0.15, -0.1) is 0 Å². The van der Waals surface area contributed by atoms with Crippen molar-refractivity contribution in [3.05, 3.63) is 59.3 Å². The number of aromatic nitrogens is 2. The summed E-state index contributed by atoms with van der Waals surface area (Å²) in [4.78, 5) is 22.0. The average Bonchev–Trinajstić information content (AvgIpc) is 2.80. The third-order valence-corrected chi connectivity index (χ3v) is 5.80. The number of nitrogens with zero attached hydrogens (tertiary/aromatic N) is 2. The molecule has 2 aromatic heterocycles. The Balaban J connectivity index is 2.12. The van der Waals surface area contributed by atoms with Crippen molar-refractivity contribution in [2.24, 2.45) is 0 Å². The monoisotopic (exact) mass is 474 g/mol. The molecule has 7 nitrogen and oxygen atoms in total. The number of hydrogen-bond acceptors (Lipinski definition) is 6. The van der Waals surface area contributed by atoms with Crippen molar-refractivity contribution >= 4 is 27.9 Å². The van der Waals surface area contributed by atoms with Crippen LogP contribution in [0.1, 0.15) is 43.7 Å². The van der Waals surface area contributed by atoms with Gasteiger partial charge in [0, 0.05) is 33.7 Å². The second-order valence-electron chi connectivity index (χ2n) is 9.56. The lowest BCUT2D eigenvalue weighted by Crippen LogP contribution is -2.28. The molecule has 0 aliphatic heterocycles. The van der Waals surface area contributed by atoms with E-state index in [1.165, 1.54) is 0 Å². The fraction of sp³-hybridized carbons (Fsp3) is 0.321. The Hall–Kier alpha value is -3.71. The maximum atomic E-state index is 12.5. The van der Waals surface area contributed by atoms with Crippen LogP contribution in [-0.4, -0.2) is 40.9 Å². The number of carboxylic acid groups (broad SMARTS) is 1. The zero-order valence-electron chi connectivity index (χ0n) is 21.1. The highest BCUT2D eigenvalue weighted by Crippen LogP contribution is 2.41. The minimum atomic E-state index is -1.20. The zero-order valence-corrected chi connectivity index (χ0v) is 21.1. The minimum absolute atomic E-state index is 0.515. The fourth-order valence-electron chi connectivity index (χ4n) is 4.24. The van der Waals surface area contributed by atoms with Crippen LogP contribution in [0.5, 0.6) is 11.5 Å². The molecular formula is C28H30N2O5. The standard InChI is InChI=1S/C28H30N2O5/c1-15-8-10-17(11-9-15)24-19-12-18-13-21(33-6)22(34-7)14-20(18)30-26(19)29-16(2)23(24)25(27(31)32)35-28(3,4)5/h8-14,25H,1-7H3,(H,31,32). The van der Waals surface area contributed by atoms with Crippen LogP contribution in [0.3, 0.4) is 0 Å². The molecule has 0 radical (unpaired) electrons.